The number of nitrogens with zero attached hydrogens (tertiary/aromatic N) is 4. The number of likely N-dealkylation sites (N-methyl/N-ethyl adjacent to an activating group) is 1. The standard InChI is InChI=1S/C22H34N4O2/c1-5-23-6-8-25(9-7-23)21(27)19(4)24-10-12-26(13-11-24)22(28)20-15-17(2)14-18(3)16-20/h14-16,19H,5-13H2,1-4H3/t19-/m1/s1. The van der Waals surface area contributed by atoms with Gasteiger partial charge in [0.15, 0.2) is 0 Å². The third kappa shape index (κ3) is 4.73. The molecule has 2 aliphatic heterocycles. The van der Waals surface area contributed by atoms with E-state index in [-0.39, 0.29) is 17.9 Å². The van der Waals surface area contributed by atoms with Gasteiger partial charge in [0.1, 0.15) is 0 Å². The summed E-state index contributed by atoms with van der Waals surface area (Å²) in [6, 6.07) is 5.89. The van der Waals surface area contributed by atoms with Gasteiger partial charge >= 0.3 is 0 Å². The minimum absolute atomic E-state index is 0.0983. The van der Waals surface area contributed by atoms with Crippen molar-refractivity contribution in [1.29, 1.82) is 0 Å². The van der Waals surface area contributed by atoms with Crippen LogP contribution >= 0.6 is 0 Å². The second-order valence-corrected chi connectivity index (χ2v) is 8.14. The molecule has 2 fully saturated rings. The molecule has 0 radical (unpaired) electrons. The molecule has 1 atom stereocenters. The minimum Gasteiger partial charge on any atom is -0.339 e. The molecule has 1 aromatic rings. The van der Waals surface area contributed by atoms with Gasteiger partial charge in [-0.25, -0.2) is 0 Å². The molecular weight excluding hydrogens is 352 g/mol. The summed E-state index contributed by atoms with van der Waals surface area (Å²) in [5, 5.41) is 0. The molecule has 2 aliphatic rings. The van der Waals surface area contributed by atoms with Crippen molar-refractivity contribution in [3.8, 4) is 0 Å². The number of aryl methyl sites for hydroxylation is 2. The number of hydrogen-bond donors (Lipinski definition) is 0. The molecule has 1 aromatic carbocycles. The lowest BCUT2D eigenvalue weighted by Crippen LogP contribution is -2.58. The molecule has 0 unspecified atom stereocenters. The van der Waals surface area contributed by atoms with E-state index in [1.807, 2.05) is 42.7 Å². The van der Waals surface area contributed by atoms with Crippen LogP contribution in [0, 0.1) is 13.8 Å². The highest BCUT2D eigenvalue weighted by atomic mass is 16.2. The van der Waals surface area contributed by atoms with Gasteiger partial charge in [0, 0.05) is 57.9 Å². The van der Waals surface area contributed by atoms with Gasteiger partial charge in [-0.2, -0.15) is 0 Å². The van der Waals surface area contributed by atoms with E-state index in [4.69, 9.17) is 0 Å². The Labute approximate surface area is 169 Å². The summed E-state index contributed by atoms with van der Waals surface area (Å²) >= 11 is 0. The van der Waals surface area contributed by atoms with Crippen LogP contribution in [0.15, 0.2) is 18.2 Å². The van der Waals surface area contributed by atoms with Crippen molar-refractivity contribution >= 4 is 11.8 Å². The van der Waals surface area contributed by atoms with Crippen LogP contribution in [0.5, 0.6) is 0 Å². The number of benzene rings is 1. The van der Waals surface area contributed by atoms with Gasteiger partial charge in [0.05, 0.1) is 6.04 Å². The third-order valence-electron chi connectivity index (χ3n) is 6.11. The molecule has 2 saturated heterocycles. The van der Waals surface area contributed by atoms with Gasteiger partial charge < -0.3 is 14.7 Å². The second-order valence-electron chi connectivity index (χ2n) is 8.14. The van der Waals surface area contributed by atoms with Crippen LogP contribution in [0.4, 0.5) is 0 Å². The highest BCUT2D eigenvalue weighted by Gasteiger charge is 2.31. The number of carbonyl (C=O) groups excluding carboxylic acids is 2. The van der Waals surface area contributed by atoms with E-state index in [1.165, 1.54) is 0 Å². The lowest BCUT2D eigenvalue weighted by Gasteiger charge is -2.41. The smallest absolute Gasteiger partial charge is 0.253 e. The van der Waals surface area contributed by atoms with E-state index in [1.54, 1.807) is 0 Å². The SMILES string of the molecule is CCN1CCN(C(=O)[C@@H](C)N2CCN(C(=O)c3cc(C)cc(C)c3)CC2)CC1. The van der Waals surface area contributed by atoms with E-state index < -0.39 is 0 Å². The Hall–Kier alpha value is -1.92. The molecule has 0 aliphatic carbocycles. The number of hydrogen-bond acceptors (Lipinski definition) is 4. The zero-order chi connectivity index (χ0) is 20.3. The van der Waals surface area contributed by atoms with E-state index >= 15 is 0 Å². The lowest BCUT2D eigenvalue weighted by molar-refractivity contribution is -0.138. The first-order valence-corrected chi connectivity index (χ1v) is 10.5. The van der Waals surface area contributed by atoms with Gasteiger partial charge in [0.2, 0.25) is 5.91 Å². The van der Waals surface area contributed by atoms with Gasteiger partial charge in [0.25, 0.3) is 5.91 Å². The summed E-state index contributed by atoms with van der Waals surface area (Å²) in [5.74, 6) is 0.325. The zero-order valence-electron chi connectivity index (χ0n) is 17.8. The van der Waals surface area contributed by atoms with Crippen molar-refractivity contribution in [2.75, 3.05) is 58.9 Å². The molecule has 0 bridgehead atoms. The fraction of sp³-hybridized carbons (Fsp3) is 0.636. The topological polar surface area (TPSA) is 47.1 Å². The fourth-order valence-electron chi connectivity index (χ4n) is 4.30. The number of piperazine rings is 2. The normalized spacial score (nSPS) is 20.3. The second kappa shape index (κ2) is 9.05. The fourth-order valence-corrected chi connectivity index (χ4v) is 4.30. The zero-order valence-corrected chi connectivity index (χ0v) is 17.8. The molecule has 0 spiro atoms. The molecule has 0 aromatic heterocycles. The number of amides is 2. The maximum Gasteiger partial charge on any atom is 0.253 e. The first-order chi connectivity index (χ1) is 13.4. The Kier molecular flexibility index (Phi) is 6.73. The lowest BCUT2D eigenvalue weighted by atomic mass is 10.1. The maximum atomic E-state index is 12.9. The Morgan fingerprint density at radius 1 is 0.857 bits per heavy atom. The Bertz CT molecular complexity index is 684. The molecular formula is C22H34N4O2. The highest BCUT2D eigenvalue weighted by molar-refractivity contribution is 5.94. The molecule has 0 saturated carbocycles. The van der Waals surface area contributed by atoms with Crippen LogP contribution in [0.3, 0.4) is 0 Å². The van der Waals surface area contributed by atoms with E-state index in [2.05, 4.69) is 22.8 Å². The minimum atomic E-state index is -0.119. The summed E-state index contributed by atoms with van der Waals surface area (Å²) in [6.07, 6.45) is 0. The van der Waals surface area contributed by atoms with Crippen LogP contribution in [0.1, 0.15) is 35.3 Å². The van der Waals surface area contributed by atoms with Crippen LogP contribution in [-0.4, -0.2) is 96.4 Å². The summed E-state index contributed by atoms with van der Waals surface area (Å²) in [6.45, 7) is 15.7. The summed E-state index contributed by atoms with van der Waals surface area (Å²) in [5.41, 5.74) is 3.00. The summed E-state index contributed by atoms with van der Waals surface area (Å²) < 4.78 is 0. The Morgan fingerprint density at radius 3 is 1.93 bits per heavy atom. The Balaban J connectivity index is 1.53. The number of rotatable bonds is 4. The largest absolute Gasteiger partial charge is 0.339 e. The monoisotopic (exact) mass is 386 g/mol. The molecule has 6 nitrogen and oxygen atoms in total. The summed E-state index contributed by atoms with van der Waals surface area (Å²) in [4.78, 5) is 34.3. The molecule has 2 heterocycles. The van der Waals surface area contributed by atoms with Crippen LogP contribution < -0.4 is 0 Å². The summed E-state index contributed by atoms with van der Waals surface area (Å²) in [7, 11) is 0. The van der Waals surface area contributed by atoms with E-state index in [0.29, 0.717) is 13.1 Å². The van der Waals surface area contributed by atoms with Crippen molar-refractivity contribution in [2.24, 2.45) is 0 Å². The van der Waals surface area contributed by atoms with Gasteiger partial charge in [-0.3, -0.25) is 14.5 Å². The van der Waals surface area contributed by atoms with Gasteiger partial charge in [-0.1, -0.05) is 24.1 Å². The van der Waals surface area contributed by atoms with E-state index in [0.717, 1.165) is 62.5 Å². The van der Waals surface area contributed by atoms with Crippen molar-refractivity contribution in [2.45, 2.75) is 33.7 Å². The van der Waals surface area contributed by atoms with Crippen molar-refractivity contribution in [3.05, 3.63) is 34.9 Å². The maximum absolute atomic E-state index is 12.9. The van der Waals surface area contributed by atoms with Crippen LogP contribution in [0.25, 0.3) is 0 Å². The molecule has 6 heteroatoms. The van der Waals surface area contributed by atoms with Crippen LogP contribution in [-0.2, 0) is 4.79 Å². The first-order valence-electron chi connectivity index (χ1n) is 10.5. The predicted octanol–water partition coefficient (Wildman–Crippen LogP) is 1.61. The molecule has 3 rings (SSSR count). The van der Waals surface area contributed by atoms with Crippen molar-refractivity contribution in [3.63, 3.8) is 0 Å². The first kappa shape index (κ1) is 20.8. The average molecular weight is 387 g/mol. The van der Waals surface area contributed by atoms with Gasteiger partial charge in [-0.15, -0.1) is 0 Å². The number of carbonyl (C=O) groups is 2. The molecule has 28 heavy (non-hydrogen) atoms. The van der Waals surface area contributed by atoms with E-state index in [9.17, 15) is 9.59 Å². The van der Waals surface area contributed by atoms with Crippen LogP contribution in [0.2, 0.25) is 0 Å². The van der Waals surface area contributed by atoms with Crippen molar-refractivity contribution in [1.82, 2.24) is 19.6 Å². The molecule has 2 amide bonds. The highest BCUT2D eigenvalue weighted by Crippen LogP contribution is 2.15. The molecule has 0 N–H and O–H groups in total. The third-order valence-corrected chi connectivity index (χ3v) is 6.11. The van der Waals surface area contributed by atoms with Gasteiger partial charge in [-0.05, 0) is 39.4 Å². The molecule has 154 valence electrons. The Morgan fingerprint density at radius 2 is 1.39 bits per heavy atom. The predicted molar refractivity (Wildman–Crippen MR) is 112 cm³/mol. The van der Waals surface area contributed by atoms with Crippen molar-refractivity contribution < 1.29 is 9.59 Å². The average Bonchev–Trinajstić information content (AvgIpc) is 2.71. The quantitative estimate of drug-likeness (QED) is 0.789.